The van der Waals surface area contributed by atoms with Crippen molar-refractivity contribution in [1.82, 2.24) is 9.13 Å². The summed E-state index contributed by atoms with van der Waals surface area (Å²) in [5, 5.41) is 7.45. The molecule has 8 nitrogen and oxygen atoms in total. The summed E-state index contributed by atoms with van der Waals surface area (Å²) < 4.78 is 12.9. The fourth-order valence-electron chi connectivity index (χ4n) is 2.97. The van der Waals surface area contributed by atoms with Crippen molar-refractivity contribution in [3.05, 3.63) is 82.5 Å². The van der Waals surface area contributed by atoms with E-state index in [0.29, 0.717) is 23.4 Å². The Bertz CT molecular complexity index is 1070. The molecule has 1 unspecified atom stereocenters. The molecular weight excluding hydrogens is 372 g/mol. The number of hydrogen-bond donors (Lipinski definition) is 2. The number of ether oxygens (including phenoxy) is 2. The lowest BCUT2D eigenvalue weighted by Crippen LogP contribution is -2.26. The first-order chi connectivity index (χ1) is 13.9. The van der Waals surface area contributed by atoms with E-state index in [1.807, 2.05) is 24.3 Å². The van der Waals surface area contributed by atoms with Gasteiger partial charge in [0.1, 0.15) is 5.84 Å². The Morgan fingerprint density at radius 2 is 1.52 bits per heavy atom. The zero-order valence-corrected chi connectivity index (χ0v) is 16.2. The van der Waals surface area contributed by atoms with Crippen LogP contribution in [-0.2, 0) is 20.7 Å². The van der Waals surface area contributed by atoms with Crippen molar-refractivity contribution >= 4 is 11.8 Å². The molecule has 0 aliphatic heterocycles. The van der Waals surface area contributed by atoms with Gasteiger partial charge >= 0.3 is 11.7 Å². The highest BCUT2D eigenvalue weighted by Crippen LogP contribution is 2.13. The van der Waals surface area contributed by atoms with Gasteiger partial charge in [-0.3, -0.25) is 14.5 Å². The number of hydrogen-bond acceptors (Lipinski definition) is 5. The third-order valence-electron chi connectivity index (χ3n) is 4.62. The van der Waals surface area contributed by atoms with Gasteiger partial charge in [-0.1, -0.05) is 12.1 Å². The largest absolute Gasteiger partial charge is 0.467 e. The number of amidine groups is 1. The van der Waals surface area contributed by atoms with Crippen molar-refractivity contribution in [2.75, 3.05) is 14.2 Å². The highest BCUT2D eigenvalue weighted by Gasteiger charge is 2.18. The summed E-state index contributed by atoms with van der Waals surface area (Å²) in [6, 6.07) is 14.2. The summed E-state index contributed by atoms with van der Waals surface area (Å²) in [5.74, 6) is -0.454. The summed E-state index contributed by atoms with van der Waals surface area (Å²) in [4.78, 5) is 24.5. The molecule has 3 N–H and O–H groups in total. The number of carbonyl (C=O) groups excluding carboxylic acids is 1. The SMILES string of the molecule is COC(=O)C(Cc1ccc(-n2ccn(-c3ccc(C(=N)N)cc3)c2=O)cc1)OC. The van der Waals surface area contributed by atoms with Gasteiger partial charge in [0.15, 0.2) is 6.10 Å². The van der Waals surface area contributed by atoms with Crippen LogP contribution in [0.5, 0.6) is 0 Å². The van der Waals surface area contributed by atoms with Crippen LogP contribution in [-0.4, -0.2) is 41.3 Å². The Morgan fingerprint density at radius 3 is 1.97 bits per heavy atom. The minimum atomic E-state index is -0.673. The van der Waals surface area contributed by atoms with Gasteiger partial charge in [-0.2, -0.15) is 0 Å². The van der Waals surface area contributed by atoms with Crippen LogP contribution in [0.2, 0.25) is 0 Å². The lowest BCUT2D eigenvalue weighted by atomic mass is 10.1. The first-order valence-corrected chi connectivity index (χ1v) is 8.89. The molecule has 8 heteroatoms. The topological polar surface area (TPSA) is 112 Å². The molecule has 0 amide bonds. The van der Waals surface area contributed by atoms with Crippen molar-refractivity contribution in [1.29, 1.82) is 5.41 Å². The number of nitrogen functional groups attached to an aromatic ring is 1. The summed E-state index contributed by atoms with van der Waals surface area (Å²) in [7, 11) is 2.78. The van der Waals surface area contributed by atoms with Crippen molar-refractivity contribution in [2.45, 2.75) is 12.5 Å². The third-order valence-corrected chi connectivity index (χ3v) is 4.62. The van der Waals surface area contributed by atoms with Crippen molar-refractivity contribution < 1.29 is 14.3 Å². The van der Waals surface area contributed by atoms with Crippen LogP contribution in [0.1, 0.15) is 11.1 Å². The number of methoxy groups -OCH3 is 2. The van der Waals surface area contributed by atoms with Gasteiger partial charge in [-0.05, 0) is 42.0 Å². The lowest BCUT2D eigenvalue weighted by molar-refractivity contribution is -0.152. The number of nitrogens with two attached hydrogens (primary N) is 1. The number of nitrogens with zero attached hydrogens (tertiary/aromatic N) is 2. The molecule has 0 bridgehead atoms. The van der Waals surface area contributed by atoms with Crippen molar-refractivity contribution in [3.63, 3.8) is 0 Å². The summed E-state index contributed by atoms with van der Waals surface area (Å²) >= 11 is 0. The molecule has 0 aliphatic carbocycles. The predicted octanol–water partition coefficient (Wildman–Crippen LogP) is 1.64. The smallest absolute Gasteiger partial charge is 0.337 e. The molecular formula is C21H22N4O4. The summed E-state index contributed by atoms with van der Waals surface area (Å²) in [6.45, 7) is 0. The second-order valence-corrected chi connectivity index (χ2v) is 6.40. The second-order valence-electron chi connectivity index (χ2n) is 6.40. The number of esters is 1. The fourth-order valence-corrected chi connectivity index (χ4v) is 2.97. The summed E-state index contributed by atoms with van der Waals surface area (Å²) in [6.07, 6.45) is 3.06. The van der Waals surface area contributed by atoms with Crippen LogP contribution in [0, 0.1) is 5.41 Å². The van der Waals surface area contributed by atoms with Crippen molar-refractivity contribution in [2.24, 2.45) is 5.73 Å². The zero-order valence-electron chi connectivity index (χ0n) is 16.2. The van der Waals surface area contributed by atoms with E-state index >= 15 is 0 Å². The first kappa shape index (κ1) is 20.1. The quantitative estimate of drug-likeness (QED) is 0.359. The van der Waals surface area contributed by atoms with Crippen LogP contribution in [0.3, 0.4) is 0 Å². The van der Waals surface area contributed by atoms with E-state index < -0.39 is 12.1 Å². The average Bonchev–Trinajstić information content (AvgIpc) is 3.13. The van der Waals surface area contributed by atoms with Gasteiger partial charge in [0.2, 0.25) is 0 Å². The normalized spacial score (nSPS) is 11.8. The molecule has 0 spiro atoms. The van der Waals surface area contributed by atoms with E-state index in [2.05, 4.69) is 0 Å². The Morgan fingerprint density at radius 1 is 1.00 bits per heavy atom. The molecule has 1 atom stereocenters. The summed E-state index contributed by atoms with van der Waals surface area (Å²) in [5.41, 5.74) is 8.10. The highest BCUT2D eigenvalue weighted by molar-refractivity contribution is 5.95. The van der Waals surface area contributed by atoms with Gasteiger partial charge in [0.25, 0.3) is 0 Å². The number of carbonyl (C=O) groups is 1. The van der Waals surface area contributed by atoms with Gasteiger partial charge in [-0.25, -0.2) is 9.59 Å². The number of nitrogens with one attached hydrogen (secondary N) is 1. The number of rotatable bonds is 7. The minimum Gasteiger partial charge on any atom is -0.467 e. The molecule has 3 aromatic rings. The molecule has 0 saturated heterocycles. The molecule has 0 aliphatic rings. The maximum Gasteiger partial charge on any atom is 0.337 e. The standard InChI is InChI=1S/C21H22N4O4/c1-28-18(20(26)29-2)13-14-3-7-16(8-4-14)24-11-12-25(21(24)27)17-9-5-15(6-10-17)19(22)23/h3-12,18H,13H2,1-2H3,(H3,22,23). The Balaban J connectivity index is 1.82. The highest BCUT2D eigenvalue weighted by atomic mass is 16.6. The van der Waals surface area contributed by atoms with Crippen LogP contribution in [0.25, 0.3) is 11.4 Å². The van der Waals surface area contributed by atoms with E-state index in [1.54, 1.807) is 36.7 Å². The first-order valence-electron chi connectivity index (χ1n) is 8.89. The Labute approximate surface area is 167 Å². The number of imidazole rings is 1. The van der Waals surface area contributed by atoms with Crippen LogP contribution >= 0.6 is 0 Å². The van der Waals surface area contributed by atoms with E-state index in [-0.39, 0.29) is 11.5 Å². The molecule has 29 heavy (non-hydrogen) atoms. The lowest BCUT2D eigenvalue weighted by Gasteiger charge is -2.13. The molecule has 1 aromatic heterocycles. The van der Waals surface area contributed by atoms with Gasteiger partial charge in [0, 0.05) is 31.5 Å². The number of aromatic nitrogens is 2. The molecule has 2 aromatic carbocycles. The van der Waals surface area contributed by atoms with E-state index in [1.165, 1.54) is 23.4 Å². The maximum absolute atomic E-state index is 12.8. The monoisotopic (exact) mass is 394 g/mol. The second kappa shape index (κ2) is 8.57. The minimum absolute atomic E-state index is 0.0236. The van der Waals surface area contributed by atoms with E-state index in [9.17, 15) is 9.59 Å². The molecule has 150 valence electrons. The van der Waals surface area contributed by atoms with Crippen molar-refractivity contribution in [3.8, 4) is 11.4 Å². The molecule has 1 heterocycles. The van der Waals surface area contributed by atoms with E-state index in [4.69, 9.17) is 20.6 Å². The van der Waals surface area contributed by atoms with Crippen LogP contribution in [0.4, 0.5) is 0 Å². The average molecular weight is 394 g/mol. The van der Waals surface area contributed by atoms with Crippen LogP contribution < -0.4 is 11.4 Å². The fraction of sp³-hybridized carbons (Fsp3) is 0.190. The Kier molecular flexibility index (Phi) is 5.94. The van der Waals surface area contributed by atoms with E-state index in [0.717, 1.165) is 5.56 Å². The zero-order chi connectivity index (χ0) is 21.0. The van der Waals surface area contributed by atoms with Gasteiger partial charge < -0.3 is 15.2 Å². The van der Waals surface area contributed by atoms with Gasteiger partial charge in [-0.15, -0.1) is 0 Å². The predicted molar refractivity (Wildman–Crippen MR) is 109 cm³/mol. The third kappa shape index (κ3) is 4.27. The van der Waals surface area contributed by atoms with Crippen LogP contribution in [0.15, 0.2) is 65.7 Å². The Hall–Kier alpha value is -3.65. The molecule has 0 saturated carbocycles. The van der Waals surface area contributed by atoms with Gasteiger partial charge in [0.05, 0.1) is 18.5 Å². The number of benzene rings is 2. The maximum atomic E-state index is 12.8. The molecule has 0 fully saturated rings. The molecule has 3 rings (SSSR count). The molecule has 0 radical (unpaired) electrons.